The smallest absolute Gasteiger partial charge is 0.414 e. The van der Waals surface area contributed by atoms with E-state index in [2.05, 4.69) is 0 Å². The number of carbonyl (C=O) groups excluding carboxylic acids is 3. The lowest BCUT2D eigenvalue weighted by Gasteiger charge is -2.38. The van der Waals surface area contributed by atoms with E-state index in [0.29, 0.717) is 18.5 Å². The molecule has 1 aromatic heterocycles. The van der Waals surface area contributed by atoms with E-state index in [9.17, 15) is 14.4 Å². The summed E-state index contributed by atoms with van der Waals surface area (Å²) in [5.41, 5.74) is 0.556. The highest BCUT2D eigenvalue weighted by atomic mass is 35.5. The molecule has 2 heterocycles. The number of pyridine rings is 1. The fourth-order valence-corrected chi connectivity index (χ4v) is 4.11. The number of ether oxygens (including phenoxy) is 3. The van der Waals surface area contributed by atoms with E-state index in [1.54, 1.807) is 54.8 Å². The van der Waals surface area contributed by atoms with Gasteiger partial charge in [0.05, 0.1) is 13.2 Å². The molecule has 0 bridgehead atoms. The van der Waals surface area contributed by atoms with Crippen molar-refractivity contribution in [2.75, 3.05) is 13.7 Å². The van der Waals surface area contributed by atoms with Gasteiger partial charge in [0, 0.05) is 12.6 Å². The zero-order valence-electron chi connectivity index (χ0n) is 20.6. The summed E-state index contributed by atoms with van der Waals surface area (Å²) in [5, 5.41) is 0. The molecular weight excluding hydrogens is 472 g/mol. The monoisotopic (exact) mass is 504 g/mol. The number of benzene rings is 1. The molecule has 35 heavy (non-hydrogen) atoms. The van der Waals surface area contributed by atoms with Crippen molar-refractivity contribution in [3.63, 3.8) is 0 Å². The van der Waals surface area contributed by atoms with Gasteiger partial charge < -0.3 is 31.5 Å². The molecule has 8 nitrogen and oxygen atoms in total. The fourth-order valence-electron chi connectivity index (χ4n) is 4.11. The molecule has 9 heteroatoms. The number of esters is 2. The van der Waals surface area contributed by atoms with Crippen LogP contribution in [0.25, 0.3) is 0 Å². The summed E-state index contributed by atoms with van der Waals surface area (Å²) in [7, 11) is 1.36. The third kappa shape index (κ3) is 7.68. The molecule has 1 aliphatic rings. The Balaban J connectivity index is 0.00000432. The van der Waals surface area contributed by atoms with Crippen LogP contribution in [0.3, 0.4) is 0 Å². The molecule has 1 amide bonds. The van der Waals surface area contributed by atoms with Crippen molar-refractivity contribution in [3.05, 3.63) is 66.0 Å². The first-order valence-electron chi connectivity index (χ1n) is 11.5. The number of methoxy groups -OCH3 is 1. The van der Waals surface area contributed by atoms with E-state index in [1.807, 2.05) is 30.3 Å². The summed E-state index contributed by atoms with van der Waals surface area (Å²) in [6, 6.07) is 12.3. The van der Waals surface area contributed by atoms with Crippen molar-refractivity contribution in [2.24, 2.45) is 0 Å². The van der Waals surface area contributed by atoms with Crippen LogP contribution in [0, 0.1) is 0 Å². The average molecular weight is 505 g/mol. The van der Waals surface area contributed by atoms with E-state index < -0.39 is 23.6 Å². The van der Waals surface area contributed by atoms with Crippen molar-refractivity contribution >= 4 is 18.0 Å². The highest BCUT2D eigenvalue weighted by Crippen LogP contribution is 2.32. The number of carbonyl (C=O) groups is 3. The van der Waals surface area contributed by atoms with E-state index >= 15 is 0 Å². The van der Waals surface area contributed by atoms with Crippen LogP contribution in [-0.4, -0.2) is 48.2 Å². The van der Waals surface area contributed by atoms with Crippen LogP contribution in [0.1, 0.15) is 61.9 Å². The minimum absolute atomic E-state index is 0. The van der Waals surface area contributed by atoms with Gasteiger partial charge >= 0.3 is 18.0 Å². The molecule has 190 valence electrons. The van der Waals surface area contributed by atoms with Crippen LogP contribution in [0.5, 0.6) is 0 Å². The molecule has 1 fully saturated rings. The van der Waals surface area contributed by atoms with E-state index in [-0.39, 0.29) is 31.1 Å². The maximum Gasteiger partial charge on any atom is 0.414 e. The second kappa shape index (κ2) is 12.5. The molecular formula is C26H33ClN2O6. The Hall–Kier alpha value is -3.13. The Bertz CT molecular complexity index is 1010. The highest BCUT2D eigenvalue weighted by Gasteiger charge is 2.39. The first kappa shape index (κ1) is 28.1. The first-order valence-corrected chi connectivity index (χ1v) is 11.5. The van der Waals surface area contributed by atoms with Crippen LogP contribution in [0.2, 0.25) is 0 Å². The van der Waals surface area contributed by atoms with Crippen LogP contribution >= 0.6 is 0 Å². The zero-order valence-corrected chi connectivity index (χ0v) is 21.4. The van der Waals surface area contributed by atoms with Gasteiger partial charge in [-0.1, -0.05) is 30.3 Å². The third-order valence-corrected chi connectivity index (χ3v) is 5.61. The number of nitrogens with zero attached hydrogens (tertiary/aromatic N) is 2. The molecule has 1 saturated heterocycles. The van der Waals surface area contributed by atoms with Gasteiger partial charge in [0.15, 0.2) is 12.4 Å². The van der Waals surface area contributed by atoms with E-state index in [1.165, 1.54) is 7.11 Å². The van der Waals surface area contributed by atoms with Gasteiger partial charge in [-0.05, 0) is 51.7 Å². The molecule has 0 aliphatic carbocycles. The molecule has 0 radical (unpaired) electrons. The van der Waals surface area contributed by atoms with Gasteiger partial charge in [-0.3, -0.25) is 4.79 Å². The second-order valence-electron chi connectivity index (χ2n) is 9.32. The lowest BCUT2D eigenvalue weighted by atomic mass is 9.85. The van der Waals surface area contributed by atoms with Crippen molar-refractivity contribution in [3.8, 4) is 0 Å². The molecule has 2 aromatic rings. The summed E-state index contributed by atoms with van der Waals surface area (Å²) < 4.78 is 17.7. The number of amides is 1. The molecule has 1 aromatic carbocycles. The number of aromatic nitrogens is 1. The Morgan fingerprint density at radius 3 is 2.46 bits per heavy atom. The number of piperidine rings is 1. The highest BCUT2D eigenvalue weighted by molar-refractivity contribution is 5.89. The standard InChI is InChI=1S/C26H33N2O6.ClH/c1-26(2,3)34-23(29)20-13-10-15-27(17-20)18-33-25(31)28-16-9-8-14-21(28)22(24(30)32-4)19-11-6-5-7-12-19;/h5-7,10-13,15,17,21-22H,8-9,14,16,18H2,1-4H3;1H/q+1;/p-1. The van der Waals surface area contributed by atoms with Gasteiger partial charge in [-0.2, -0.15) is 4.57 Å². The Labute approximate surface area is 212 Å². The Kier molecular flexibility index (Phi) is 10.1. The summed E-state index contributed by atoms with van der Waals surface area (Å²) in [5.74, 6) is -1.43. The van der Waals surface area contributed by atoms with Crippen LogP contribution in [0.4, 0.5) is 4.79 Å². The van der Waals surface area contributed by atoms with Crippen molar-refractivity contribution < 1.29 is 45.6 Å². The molecule has 2 atom stereocenters. The summed E-state index contributed by atoms with van der Waals surface area (Å²) in [4.78, 5) is 39.8. The SMILES string of the molecule is COC(=O)C(c1ccccc1)C1CCCCN1C(=O)OC[n+]1cccc(C(=O)OC(C)(C)C)c1.[Cl-]. The summed E-state index contributed by atoms with van der Waals surface area (Å²) in [6.07, 6.45) is 5.18. The zero-order chi connectivity index (χ0) is 24.7. The minimum Gasteiger partial charge on any atom is -1.00 e. The van der Waals surface area contributed by atoms with Gasteiger partial charge in [0.1, 0.15) is 17.1 Å². The number of hydrogen-bond acceptors (Lipinski definition) is 6. The predicted molar refractivity (Wildman–Crippen MR) is 124 cm³/mol. The largest absolute Gasteiger partial charge is 1.00 e. The predicted octanol–water partition coefficient (Wildman–Crippen LogP) is 0.839. The van der Waals surface area contributed by atoms with E-state index in [0.717, 1.165) is 18.4 Å². The first-order chi connectivity index (χ1) is 16.2. The molecule has 2 unspecified atom stereocenters. The Morgan fingerprint density at radius 2 is 1.80 bits per heavy atom. The minimum atomic E-state index is -0.609. The lowest BCUT2D eigenvalue weighted by molar-refractivity contribution is -0.727. The van der Waals surface area contributed by atoms with Crippen molar-refractivity contribution in [2.45, 2.75) is 64.3 Å². The fraction of sp³-hybridized carbons (Fsp3) is 0.462. The van der Waals surface area contributed by atoms with Crippen molar-refractivity contribution in [1.82, 2.24) is 4.90 Å². The maximum absolute atomic E-state index is 13.1. The van der Waals surface area contributed by atoms with Crippen LogP contribution in [-0.2, 0) is 25.7 Å². The normalized spacial score (nSPS) is 16.5. The van der Waals surface area contributed by atoms with Crippen molar-refractivity contribution in [1.29, 1.82) is 0 Å². The average Bonchev–Trinajstić information content (AvgIpc) is 2.82. The van der Waals surface area contributed by atoms with Gasteiger partial charge in [-0.25, -0.2) is 9.59 Å². The summed E-state index contributed by atoms with van der Waals surface area (Å²) >= 11 is 0. The molecule has 0 saturated carbocycles. The second-order valence-corrected chi connectivity index (χ2v) is 9.32. The van der Waals surface area contributed by atoms with Crippen LogP contribution < -0.4 is 17.0 Å². The quantitative estimate of drug-likeness (QED) is 0.329. The number of halogens is 1. The van der Waals surface area contributed by atoms with Crippen LogP contribution in [0.15, 0.2) is 54.9 Å². The maximum atomic E-state index is 13.1. The molecule has 0 N–H and O–H groups in total. The lowest BCUT2D eigenvalue weighted by Crippen LogP contribution is -3.00. The number of rotatable bonds is 6. The topological polar surface area (TPSA) is 86.0 Å². The third-order valence-electron chi connectivity index (χ3n) is 5.61. The molecule has 1 aliphatic heterocycles. The number of likely N-dealkylation sites (tertiary alicyclic amines) is 1. The number of hydrogen-bond donors (Lipinski definition) is 0. The van der Waals surface area contributed by atoms with E-state index in [4.69, 9.17) is 14.2 Å². The Morgan fingerprint density at radius 1 is 1.09 bits per heavy atom. The molecule has 3 rings (SSSR count). The van der Waals surface area contributed by atoms with Gasteiger partial charge in [0.25, 0.3) is 6.73 Å². The molecule has 0 spiro atoms. The van der Waals surface area contributed by atoms with Gasteiger partial charge in [-0.15, -0.1) is 0 Å². The van der Waals surface area contributed by atoms with Gasteiger partial charge in [0.2, 0.25) is 0 Å². The summed E-state index contributed by atoms with van der Waals surface area (Å²) in [6.45, 7) is 5.82.